The second-order valence-corrected chi connectivity index (χ2v) is 3.82. The van der Waals surface area contributed by atoms with Gasteiger partial charge in [-0.15, -0.1) is 17.5 Å². The van der Waals surface area contributed by atoms with E-state index in [0.717, 1.165) is 16.2 Å². The molecule has 0 saturated carbocycles. The van der Waals surface area contributed by atoms with Gasteiger partial charge in [-0.2, -0.15) is 0 Å². The molecular weight excluding hydrogens is 194 g/mol. The van der Waals surface area contributed by atoms with Crippen LogP contribution in [0.15, 0.2) is 47.0 Å². The van der Waals surface area contributed by atoms with Gasteiger partial charge in [-0.3, -0.25) is 0 Å². The van der Waals surface area contributed by atoms with Gasteiger partial charge in [-0.1, -0.05) is 6.58 Å². The van der Waals surface area contributed by atoms with Crippen LogP contribution < -0.4 is 5.73 Å². The SMILES string of the molecule is C=C=C(CN)CSc1ccc(O)cc1. The zero-order valence-corrected chi connectivity index (χ0v) is 8.68. The first-order chi connectivity index (χ1) is 6.76. The summed E-state index contributed by atoms with van der Waals surface area (Å²) in [5, 5.41) is 9.07. The Hall–Kier alpha value is -1.15. The van der Waals surface area contributed by atoms with Crippen molar-refractivity contribution in [1.29, 1.82) is 0 Å². The van der Waals surface area contributed by atoms with E-state index in [2.05, 4.69) is 12.3 Å². The van der Waals surface area contributed by atoms with Crippen LogP contribution in [0, 0.1) is 0 Å². The summed E-state index contributed by atoms with van der Waals surface area (Å²) in [6.07, 6.45) is 0. The van der Waals surface area contributed by atoms with Crippen molar-refractivity contribution >= 4 is 11.8 Å². The zero-order chi connectivity index (χ0) is 10.4. The largest absolute Gasteiger partial charge is 0.508 e. The Kier molecular flexibility index (Phi) is 4.33. The molecule has 2 nitrogen and oxygen atoms in total. The molecule has 0 unspecified atom stereocenters. The van der Waals surface area contributed by atoms with Crippen LogP contribution >= 0.6 is 11.8 Å². The predicted molar refractivity (Wildman–Crippen MR) is 60.5 cm³/mol. The molecule has 0 radical (unpaired) electrons. The lowest BCUT2D eigenvalue weighted by Gasteiger charge is -2.02. The van der Waals surface area contributed by atoms with E-state index in [4.69, 9.17) is 10.8 Å². The molecule has 0 aliphatic heterocycles. The average molecular weight is 207 g/mol. The minimum Gasteiger partial charge on any atom is -0.508 e. The van der Waals surface area contributed by atoms with Crippen LogP contribution in [0.5, 0.6) is 5.75 Å². The number of thioether (sulfide) groups is 1. The minimum atomic E-state index is 0.285. The third-order valence-electron chi connectivity index (χ3n) is 1.75. The monoisotopic (exact) mass is 207 g/mol. The average Bonchev–Trinajstić information content (AvgIpc) is 2.22. The molecule has 0 heterocycles. The summed E-state index contributed by atoms with van der Waals surface area (Å²) in [4.78, 5) is 1.10. The summed E-state index contributed by atoms with van der Waals surface area (Å²) < 4.78 is 0. The highest BCUT2D eigenvalue weighted by molar-refractivity contribution is 7.99. The van der Waals surface area contributed by atoms with E-state index in [1.165, 1.54) is 0 Å². The first kappa shape index (κ1) is 10.9. The molecule has 0 amide bonds. The molecule has 0 aliphatic carbocycles. The fraction of sp³-hybridized carbons (Fsp3) is 0.182. The van der Waals surface area contributed by atoms with Gasteiger partial charge < -0.3 is 10.8 Å². The second kappa shape index (κ2) is 5.55. The van der Waals surface area contributed by atoms with Crippen molar-refractivity contribution in [3.8, 4) is 5.75 Å². The van der Waals surface area contributed by atoms with Gasteiger partial charge in [-0.05, 0) is 29.8 Å². The predicted octanol–water partition coefficient (Wildman–Crippen LogP) is 2.15. The van der Waals surface area contributed by atoms with Crippen LogP contribution in [0.4, 0.5) is 0 Å². The standard InChI is InChI=1S/C11H13NOS/c1-2-9(7-12)8-14-11-5-3-10(13)4-6-11/h3-6,13H,1,7-8,12H2. The van der Waals surface area contributed by atoms with Gasteiger partial charge in [0.15, 0.2) is 0 Å². The number of nitrogens with two attached hydrogens (primary N) is 1. The Bertz CT molecular complexity index is 339. The second-order valence-electron chi connectivity index (χ2n) is 2.77. The molecule has 1 aromatic rings. The molecule has 0 aromatic heterocycles. The third kappa shape index (κ3) is 3.30. The maximum Gasteiger partial charge on any atom is 0.115 e. The summed E-state index contributed by atoms with van der Waals surface area (Å²) in [6, 6.07) is 7.08. The molecular formula is C11H13NOS. The maximum atomic E-state index is 9.07. The number of phenolic OH excluding ortho intramolecular Hbond substituents is 1. The van der Waals surface area contributed by atoms with Gasteiger partial charge in [0.1, 0.15) is 5.75 Å². The first-order valence-electron chi connectivity index (χ1n) is 4.26. The highest BCUT2D eigenvalue weighted by atomic mass is 32.2. The van der Waals surface area contributed by atoms with Crippen LogP contribution in [0.25, 0.3) is 0 Å². The number of benzene rings is 1. The van der Waals surface area contributed by atoms with Crippen molar-refractivity contribution in [3.05, 3.63) is 42.1 Å². The number of aromatic hydroxyl groups is 1. The van der Waals surface area contributed by atoms with Crippen LogP contribution in [0.1, 0.15) is 0 Å². The number of rotatable bonds is 4. The molecule has 0 atom stereocenters. The Labute approximate surface area is 88.1 Å². The van der Waals surface area contributed by atoms with Crippen molar-refractivity contribution in [1.82, 2.24) is 0 Å². The van der Waals surface area contributed by atoms with Gasteiger partial charge >= 0.3 is 0 Å². The van der Waals surface area contributed by atoms with Gasteiger partial charge in [0.2, 0.25) is 0 Å². The highest BCUT2D eigenvalue weighted by Gasteiger charge is 1.97. The molecule has 0 bridgehead atoms. The smallest absolute Gasteiger partial charge is 0.115 e. The number of phenols is 1. The lowest BCUT2D eigenvalue weighted by molar-refractivity contribution is 0.475. The van der Waals surface area contributed by atoms with Crippen LogP contribution in [0.3, 0.4) is 0 Å². The molecule has 3 heteroatoms. The molecule has 1 rings (SSSR count). The van der Waals surface area contributed by atoms with E-state index in [1.54, 1.807) is 23.9 Å². The third-order valence-corrected chi connectivity index (χ3v) is 2.84. The minimum absolute atomic E-state index is 0.285. The maximum absolute atomic E-state index is 9.07. The molecule has 0 fully saturated rings. The van der Waals surface area contributed by atoms with Crippen LogP contribution in [0.2, 0.25) is 0 Å². The molecule has 0 aliphatic rings. The van der Waals surface area contributed by atoms with Crippen molar-refractivity contribution in [2.24, 2.45) is 5.73 Å². The Morgan fingerprint density at radius 2 is 2.07 bits per heavy atom. The van der Waals surface area contributed by atoms with E-state index in [-0.39, 0.29) is 5.75 Å². The molecule has 74 valence electrons. The molecule has 0 spiro atoms. The lowest BCUT2D eigenvalue weighted by atomic mass is 10.3. The zero-order valence-electron chi connectivity index (χ0n) is 7.86. The van der Waals surface area contributed by atoms with E-state index in [0.29, 0.717) is 6.54 Å². The van der Waals surface area contributed by atoms with E-state index < -0.39 is 0 Å². The first-order valence-corrected chi connectivity index (χ1v) is 5.24. The summed E-state index contributed by atoms with van der Waals surface area (Å²) in [7, 11) is 0. The van der Waals surface area contributed by atoms with Crippen LogP contribution in [-0.2, 0) is 0 Å². The summed E-state index contributed by atoms with van der Waals surface area (Å²) in [5.74, 6) is 1.08. The Balaban J connectivity index is 2.53. The summed E-state index contributed by atoms with van der Waals surface area (Å²) in [5.41, 5.74) is 9.29. The Morgan fingerprint density at radius 1 is 1.43 bits per heavy atom. The van der Waals surface area contributed by atoms with Gasteiger partial charge in [0, 0.05) is 17.2 Å². The lowest BCUT2D eigenvalue weighted by Crippen LogP contribution is -2.03. The summed E-state index contributed by atoms with van der Waals surface area (Å²) >= 11 is 1.66. The van der Waals surface area contributed by atoms with E-state index >= 15 is 0 Å². The van der Waals surface area contributed by atoms with Crippen molar-refractivity contribution in [2.75, 3.05) is 12.3 Å². The van der Waals surface area contributed by atoms with E-state index in [1.807, 2.05) is 12.1 Å². The molecule has 0 saturated heterocycles. The summed E-state index contributed by atoms with van der Waals surface area (Å²) in [6.45, 7) is 4.06. The normalized spacial score (nSPS) is 9.50. The number of hydrogen-bond acceptors (Lipinski definition) is 3. The Morgan fingerprint density at radius 3 is 2.57 bits per heavy atom. The molecule has 1 aromatic carbocycles. The van der Waals surface area contributed by atoms with Gasteiger partial charge in [0.05, 0.1) is 0 Å². The fourth-order valence-corrected chi connectivity index (χ4v) is 1.78. The van der Waals surface area contributed by atoms with Gasteiger partial charge in [-0.25, -0.2) is 0 Å². The highest BCUT2D eigenvalue weighted by Crippen LogP contribution is 2.21. The topological polar surface area (TPSA) is 46.2 Å². The van der Waals surface area contributed by atoms with Gasteiger partial charge in [0.25, 0.3) is 0 Å². The van der Waals surface area contributed by atoms with Crippen LogP contribution in [-0.4, -0.2) is 17.4 Å². The fourth-order valence-electron chi connectivity index (χ4n) is 0.895. The van der Waals surface area contributed by atoms with Crippen molar-refractivity contribution < 1.29 is 5.11 Å². The van der Waals surface area contributed by atoms with Crippen molar-refractivity contribution in [3.63, 3.8) is 0 Å². The quantitative estimate of drug-likeness (QED) is 0.587. The molecule has 14 heavy (non-hydrogen) atoms. The molecule has 3 N–H and O–H groups in total. The number of hydrogen-bond donors (Lipinski definition) is 2. The van der Waals surface area contributed by atoms with Crippen molar-refractivity contribution in [2.45, 2.75) is 4.90 Å². The van der Waals surface area contributed by atoms with E-state index in [9.17, 15) is 0 Å².